The Morgan fingerprint density at radius 2 is 2.50 bits per heavy atom. The van der Waals surface area contributed by atoms with E-state index in [-0.39, 0.29) is 5.41 Å². The van der Waals surface area contributed by atoms with Gasteiger partial charge >= 0.3 is 0 Å². The summed E-state index contributed by atoms with van der Waals surface area (Å²) in [5.41, 5.74) is 0.275. The van der Waals surface area contributed by atoms with Crippen LogP contribution >= 0.6 is 15.9 Å². The first-order valence-corrected chi connectivity index (χ1v) is 5.30. The minimum atomic E-state index is 0.275. The quantitative estimate of drug-likeness (QED) is 0.672. The van der Waals surface area contributed by atoms with E-state index in [4.69, 9.17) is 4.42 Å². The minimum absolute atomic E-state index is 0.275. The SMILES string of the molecule is CC1(c2ccco2)CCC(Br)C1. The van der Waals surface area contributed by atoms with Crippen LogP contribution in [0.2, 0.25) is 0 Å². The molecule has 0 bridgehead atoms. The molecule has 0 aliphatic heterocycles. The largest absolute Gasteiger partial charge is 0.469 e. The van der Waals surface area contributed by atoms with Crippen molar-refractivity contribution < 1.29 is 4.42 Å². The Kier molecular flexibility index (Phi) is 2.03. The van der Waals surface area contributed by atoms with E-state index in [1.54, 1.807) is 6.26 Å². The lowest BCUT2D eigenvalue weighted by Gasteiger charge is -2.20. The summed E-state index contributed by atoms with van der Waals surface area (Å²) in [6.07, 6.45) is 5.45. The summed E-state index contributed by atoms with van der Waals surface area (Å²) >= 11 is 3.66. The van der Waals surface area contributed by atoms with Gasteiger partial charge in [-0.05, 0) is 31.4 Å². The molecule has 0 radical (unpaired) electrons. The van der Waals surface area contributed by atoms with Crippen molar-refractivity contribution in [1.82, 2.24) is 0 Å². The Morgan fingerprint density at radius 1 is 1.67 bits per heavy atom. The van der Waals surface area contributed by atoms with Crippen LogP contribution in [-0.4, -0.2) is 4.83 Å². The molecule has 0 spiro atoms. The summed E-state index contributed by atoms with van der Waals surface area (Å²) in [7, 11) is 0. The normalized spacial score (nSPS) is 35.7. The summed E-state index contributed by atoms with van der Waals surface area (Å²) in [5.74, 6) is 1.14. The molecule has 2 atom stereocenters. The first kappa shape index (κ1) is 8.36. The summed E-state index contributed by atoms with van der Waals surface area (Å²) in [5, 5.41) is 0. The van der Waals surface area contributed by atoms with E-state index in [2.05, 4.69) is 28.9 Å². The van der Waals surface area contributed by atoms with Crippen LogP contribution < -0.4 is 0 Å². The number of alkyl halides is 1. The predicted molar refractivity (Wildman–Crippen MR) is 52.6 cm³/mol. The highest BCUT2D eigenvalue weighted by atomic mass is 79.9. The zero-order valence-corrected chi connectivity index (χ0v) is 8.80. The minimum Gasteiger partial charge on any atom is -0.469 e. The standard InChI is InChI=1S/C10H13BrO/c1-10(5-4-8(11)7-10)9-3-2-6-12-9/h2-3,6,8H,4-5,7H2,1H3. The zero-order valence-electron chi connectivity index (χ0n) is 7.22. The van der Waals surface area contributed by atoms with Crippen LogP contribution in [0.5, 0.6) is 0 Å². The van der Waals surface area contributed by atoms with Crippen molar-refractivity contribution in [2.75, 3.05) is 0 Å². The van der Waals surface area contributed by atoms with Gasteiger partial charge in [-0.3, -0.25) is 0 Å². The van der Waals surface area contributed by atoms with E-state index in [0.29, 0.717) is 4.83 Å². The summed E-state index contributed by atoms with van der Waals surface area (Å²) in [6, 6.07) is 4.06. The van der Waals surface area contributed by atoms with E-state index in [0.717, 1.165) is 5.76 Å². The van der Waals surface area contributed by atoms with Gasteiger partial charge < -0.3 is 4.42 Å². The third kappa shape index (κ3) is 1.33. The number of furan rings is 1. The maximum atomic E-state index is 5.45. The van der Waals surface area contributed by atoms with Crippen molar-refractivity contribution in [1.29, 1.82) is 0 Å². The van der Waals surface area contributed by atoms with E-state index in [9.17, 15) is 0 Å². The molecule has 1 aromatic rings. The number of halogens is 1. The smallest absolute Gasteiger partial charge is 0.109 e. The first-order valence-electron chi connectivity index (χ1n) is 4.39. The molecule has 1 aromatic heterocycles. The van der Waals surface area contributed by atoms with Crippen molar-refractivity contribution >= 4 is 15.9 Å². The summed E-state index contributed by atoms with van der Waals surface area (Å²) in [6.45, 7) is 2.28. The molecule has 12 heavy (non-hydrogen) atoms. The van der Waals surface area contributed by atoms with Crippen LogP contribution in [0, 0.1) is 0 Å². The van der Waals surface area contributed by atoms with Crippen molar-refractivity contribution in [3.05, 3.63) is 24.2 Å². The molecule has 2 heteroatoms. The van der Waals surface area contributed by atoms with Crippen LogP contribution in [-0.2, 0) is 5.41 Å². The summed E-state index contributed by atoms with van der Waals surface area (Å²) < 4.78 is 5.45. The molecule has 1 heterocycles. The van der Waals surface area contributed by atoms with Crippen molar-refractivity contribution in [3.8, 4) is 0 Å². The van der Waals surface area contributed by atoms with Gasteiger partial charge in [0.05, 0.1) is 6.26 Å². The lowest BCUT2D eigenvalue weighted by molar-refractivity contribution is 0.367. The fourth-order valence-electron chi connectivity index (χ4n) is 2.01. The molecule has 0 saturated heterocycles. The molecular weight excluding hydrogens is 216 g/mol. The second kappa shape index (κ2) is 2.91. The van der Waals surface area contributed by atoms with Crippen LogP contribution in [0.1, 0.15) is 31.9 Å². The second-order valence-corrected chi connectivity index (χ2v) is 5.17. The maximum absolute atomic E-state index is 5.45. The lowest BCUT2D eigenvalue weighted by Crippen LogP contribution is -2.16. The van der Waals surface area contributed by atoms with Crippen molar-refractivity contribution in [2.24, 2.45) is 0 Å². The second-order valence-electron chi connectivity index (χ2n) is 3.88. The van der Waals surface area contributed by atoms with Gasteiger partial charge in [0.25, 0.3) is 0 Å². The average molecular weight is 229 g/mol. The van der Waals surface area contributed by atoms with E-state index in [1.165, 1.54) is 19.3 Å². The third-order valence-corrected chi connectivity index (χ3v) is 3.58. The van der Waals surface area contributed by atoms with Gasteiger partial charge in [0.2, 0.25) is 0 Å². The highest BCUT2D eigenvalue weighted by molar-refractivity contribution is 9.09. The van der Waals surface area contributed by atoms with Gasteiger partial charge in [0.1, 0.15) is 5.76 Å². The molecule has 0 amide bonds. The molecule has 1 fully saturated rings. The topological polar surface area (TPSA) is 13.1 Å². The Hall–Kier alpha value is -0.240. The number of hydrogen-bond donors (Lipinski definition) is 0. The average Bonchev–Trinajstić information content (AvgIpc) is 2.59. The van der Waals surface area contributed by atoms with Crippen LogP contribution in [0.4, 0.5) is 0 Å². The monoisotopic (exact) mass is 228 g/mol. The first-order chi connectivity index (χ1) is 5.71. The molecule has 0 N–H and O–H groups in total. The van der Waals surface area contributed by atoms with Gasteiger partial charge in [-0.2, -0.15) is 0 Å². The lowest BCUT2D eigenvalue weighted by atomic mass is 9.86. The fourth-order valence-corrected chi connectivity index (χ4v) is 2.96. The molecule has 1 nitrogen and oxygen atoms in total. The Bertz CT molecular complexity index is 255. The highest BCUT2D eigenvalue weighted by Gasteiger charge is 2.37. The van der Waals surface area contributed by atoms with Crippen LogP contribution in [0.15, 0.2) is 22.8 Å². The van der Waals surface area contributed by atoms with Crippen LogP contribution in [0.25, 0.3) is 0 Å². The van der Waals surface area contributed by atoms with Gasteiger partial charge in [-0.15, -0.1) is 0 Å². The molecule has 66 valence electrons. The van der Waals surface area contributed by atoms with Crippen molar-refractivity contribution in [3.63, 3.8) is 0 Å². The molecule has 1 saturated carbocycles. The van der Waals surface area contributed by atoms with Gasteiger partial charge in [-0.25, -0.2) is 0 Å². The zero-order chi connectivity index (χ0) is 8.60. The van der Waals surface area contributed by atoms with Gasteiger partial charge in [0, 0.05) is 10.2 Å². The van der Waals surface area contributed by atoms with E-state index < -0.39 is 0 Å². The van der Waals surface area contributed by atoms with E-state index >= 15 is 0 Å². The van der Waals surface area contributed by atoms with E-state index in [1.807, 2.05) is 6.07 Å². The Morgan fingerprint density at radius 3 is 3.00 bits per heavy atom. The molecule has 2 unspecified atom stereocenters. The Balaban J connectivity index is 2.23. The third-order valence-electron chi connectivity index (χ3n) is 2.80. The molecule has 0 aromatic carbocycles. The maximum Gasteiger partial charge on any atom is 0.109 e. The van der Waals surface area contributed by atoms with Gasteiger partial charge in [0.15, 0.2) is 0 Å². The van der Waals surface area contributed by atoms with Crippen LogP contribution in [0.3, 0.4) is 0 Å². The summed E-state index contributed by atoms with van der Waals surface area (Å²) in [4.78, 5) is 0.674. The van der Waals surface area contributed by atoms with Crippen molar-refractivity contribution in [2.45, 2.75) is 36.4 Å². The Labute approximate surface area is 81.3 Å². The highest BCUT2D eigenvalue weighted by Crippen LogP contribution is 2.43. The number of hydrogen-bond acceptors (Lipinski definition) is 1. The molecule has 1 aliphatic carbocycles. The predicted octanol–water partition coefficient (Wildman–Crippen LogP) is 3.48. The molecule has 2 rings (SSSR count). The fraction of sp³-hybridized carbons (Fsp3) is 0.600. The molecule has 1 aliphatic rings. The van der Waals surface area contributed by atoms with Gasteiger partial charge in [-0.1, -0.05) is 22.9 Å². The molecular formula is C10H13BrO. The number of rotatable bonds is 1.